The molecule has 0 fully saturated rings. The van der Waals surface area contributed by atoms with E-state index < -0.39 is 0 Å². The molecule has 0 aliphatic heterocycles. The SMILES string of the molecule is NNC(=O)Cc1ccccc1COc1ccccc1. The summed E-state index contributed by atoms with van der Waals surface area (Å²) in [6.07, 6.45) is 0.255. The molecule has 0 aromatic heterocycles. The van der Waals surface area contributed by atoms with Gasteiger partial charge in [0.25, 0.3) is 0 Å². The van der Waals surface area contributed by atoms with Crippen LogP contribution in [0.1, 0.15) is 11.1 Å². The Morgan fingerprint density at radius 2 is 1.63 bits per heavy atom. The Kier molecular flexibility index (Phi) is 4.53. The topological polar surface area (TPSA) is 64.3 Å². The zero-order valence-electron chi connectivity index (χ0n) is 10.5. The van der Waals surface area contributed by atoms with Crippen molar-refractivity contribution in [3.05, 3.63) is 65.7 Å². The van der Waals surface area contributed by atoms with Gasteiger partial charge in [0.05, 0.1) is 6.42 Å². The van der Waals surface area contributed by atoms with Crippen LogP contribution in [0.4, 0.5) is 0 Å². The summed E-state index contributed by atoms with van der Waals surface area (Å²) in [7, 11) is 0. The van der Waals surface area contributed by atoms with Gasteiger partial charge in [-0.3, -0.25) is 10.2 Å². The Morgan fingerprint density at radius 3 is 2.32 bits per heavy atom. The first-order valence-electron chi connectivity index (χ1n) is 6.03. The van der Waals surface area contributed by atoms with Gasteiger partial charge in [-0.2, -0.15) is 0 Å². The number of carbonyl (C=O) groups excluding carboxylic acids is 1. The van der Waals surface area contributed by atoms with Gasteiger partial charge in [-0.15, -0.1) is 0 Å². The number of rotatable bonds is 5. The maximum Gasteiger partial charge on any atom is 0.238 e. The van der Waals surface area contributed by atoms with Crippen LogP contribution in [0.2, 0.25) is 0 Å². The summed E-state index contributed by atoms with van der Waals surface area (Å²) in [5.41, 5.74) is 4.03. The molecule has 0 saturated carbocycles. The first-order chi connectivity index (χ1) is 9.29. The predicted molar refractivity (Wildman–Crippen MR) is 73.3 cm³/mol. The molecule has 0 saturated heterocycles. The van der Waals surface area contributed by atoms with Gasteiger partial charge < -0.3 is 4.74 Å². The third-order valence-corrected chi connectivity index (χ3v) is 2.77. The molecule has 0 bridgehead atoms. The van der Waals surface area contributed by atoms with Gasteiger partial charge in [0.15, 0.2) is 0 Å². The first kappa shape index (κ1) is 13.1. The van der Waals surface area contributed by atoms with E-state index in [4.69, 9.17) is 10.6 Å². The molecule has 2 rings (SSSR count). The van der Waals surface area contributed by atoms with Crippen molar-refractivity contribution in [1.29, 1.82) is 0 Å². The lowest BCUT2D eigenvalue weighted by molar-refractivity contribution is -0.120. The van der Waals surface area contributed by atoms with Gasteiger partial charge >= 0.3 is 0 Å². The summed E-state index contributed by atoms with van der Waals surface area (Å²) >= 11 is 0. The highest BCUT2D eigenvalue weighted by Gasteiger charge is 2.07. The first-order valence-corrected chi connectivity index (χ1v) is 6.03. The Hall–Kier alpha value is -2.33. The number of amides is 1. The van der Waals surface area contributed by atoms with Crippen LogP contribution in [0.5, 0.6) is 5.75 Å². The smallest absolute Gasteiger partial charge is 0.238 e. The fourth-order valence-electron chi connectivity index (χ4n) is 1.77. The van der Waals surface area contributed by atoms with E-state index in [-0.39, 0.29) is 12.3 Å². The summed E-state index contributed by atoms with van der Waals surface area (Å²) in [6.45, 7) is 0.429. The molecule has 2 aromatic carbocycles. The van der Waals surface area contributed by atoms with Crippen molar-refractivity contribution in [2.75, 3.05) is 0 Å². The molecule has 0 unspecified atom stereocenters. The number of carbonyl (C=O) groups is 1. The normalized spacial score (nSPS) is 9.95. The average Bonchev–Trinajstić information content (AvgIpc) is 2.47. The van der Waals surface area contributed by atoms with Crippen molar-refractivity contribution in [1.82, 2.24) is 5.43 Å². The van der Waals surface area contributed by atoms with Gasteiger partial charge in [0.1, 0.15) is 12.4 Å². The van der Waals surface area contributed by atoms with Crippen molar-refractivity contribution in [2.45, 2.75) is 13.0 Å². The van der Waals surface area contributed by atoms with Gasteiger partial charge in [0.2, 0.25) is 5.91 Å². The molecule has 4 nitrogen and oxygen atoms in total. The number of hydrogen-bond acceptors (Lipinski definition) is 3. The van der Waals surface area contributed by atoms with Crippen LogP contribution in [0.15, 0.2) is 54.6 Å². The number of hydrazine groups is 1. The Morgan fingerprint density at radius 1 is 1.00 bits per heavy atom. The molecule has 3 N–H and O–H groups in total. The molecule has 0 spiro atoms. The molecule has 2 aromatic rings. The number of nitrogens with two attached hydrogens (primary N) is 1. The lowest BCUT2D eigenvalue weighted by atomic mass is 10.1. The second kappa shape index (κ2) is 6.56. The van der Waals surface area contributed by atoms with E-state index in [0.717, 1.165) is 16.9 Å². The minimum absolute atomic E-state index is 0.216. The van der Waals surface area contributed by atoms with Gasteiger partial charge in [-0.25, -0.2) is 5.84 Å². The Balaban J connectivity index is 2.05. The third kappa shape index (κ3) is 3.82. The zero-order chi connectivity index (χ0) is 13.5. The third-order valence-electron chi connectivity index (χ3n) is 2.77. The van der Waals surface area contributed by atoms with Crippen LogP contribution in [-0.4, -0.2) is 5.91 Å². The maximum atomic E-state index is 11.3. The summed E-state index contributed by atoms with van der Waals surface area (Å²) in [4.78, 5) is 11.3. The number of para-hydroxylation sites is 1. The van der Waals surface area contributed by atoms with Gasteiger partial charge in [-0.05, 0) is 23.3 Å². The average molecular weight is 256 g/mol. The molecular weight excluding hydrogens is 240 g/mol. The van der Waals surface area contributed by atoms with Gasteiger partial charge in [-0.1, -0.05) is 42.5 Å². The van der Waals surface area contributed by atoms with Gasteiger partial charge in [0, 0.05) is 0 Å². The van der Waals surface area contributed by atoms with E-state index in [1.807, 2.05) is 54.6 Å². The molecule has 0 aliphatic rings. The lowest BCUT2D eigenvalue weighted by Gasteiger charge is -2.10. The van der Waals surface area contributed by atoms with Crippen molar-refractivity contribution in [3.63, 3.8) is 0 Å². The van der Waals surface area contributed by atoms with Crippen LogP contribution in [0.3, 0.4) is 0 Å². The molecule has 0 aliphatic carbocycles. The minimum atomic E-state index is -0.216. The zero-order valence-corrected chi connectivity index (χ0v) is 10.5. The van der Waals surface area contributed by atoms with E-state index in [1.54, 1.807) is 0 Å². The molecule has 0 radical (unpaired) electrons. The number of benzene rings is 2. The number of hydrogen-bond donors (Lipinski definition) is 2. The molecular formula is C15H16N2O2. The number of ether oxygens (including phenoxy) is 1. The Bertz CT molecular complexity index is 541. The highest BCUT2D eigenvalue weighted by molar-refractivity contribution is 5.78. The van der Waals surface area contributed by atoms with E-state index >= 15 is 0 Å². The van der Waals surface area contributed by atoms with Crippen LogP contribution in [0.25, 0.3) is 0 Å². The van der Waals surface area contributed by atoms with E-state index in [1.165, 1.54) is 0 Å². The highest BCUT2D eigenvalue weighted by Crippen LogP contribution is 2.15. The van der Waals surface area contributed by atoms with E-state index in [0.29, 0.717) is 6.61 Å². The maximum absolute atomic E-state index is 11.3. The van der Waals surface area contributed by atoms with Crippen molar-refractivity contribution in [2.24, 2.45) is 5.84 Å². The molecule has 1 amide bonds. The van der Waals surface area contributed by atoms with Crippen LogP contribution >= 0.6 is 0 Å². The van der Waals surface area contributed by atoms with E-state index in [2.05, 4.69) is 5.43 Å². The highest BCUT2D eigenvalue weighted by atomic mass is 16.5. The van der Waals surface area contributed by atoms with Crippen molar-refractivity contribution in [3.8, 4) is 5.75 Å². The second-order valence-electron chi connectivity index (χ2n) is 4.11. The van der Waals surface area contributed by atoms with Crippen LogP contribution in [-0.2, 0) is 17.8 Å². The lowest BCUT2D eigenvalue weighted by Crippen LogP contribution is -2.31. The molecule has 98 valence electrons. The molecule has 0 atom stereocenters. The summed E-state index contributed by atoms with van der Waals surface area (Å²) in [6, 6.07) is 17.2. The molecule has 0 heterocycles. The number of nitrogens with one attached hydrogen (secondary N) is 1. The molecule has 19 heavy (non-hydrogen) atoms. The van der Waals surface area contributed by atoms with E-state index in [9.17, 15) is 4.79 Å². The Labute approximate surface area is 112 Å². The summed E-state index contributed by atoms with van der Waals surface area (Å²) in [5.74, 6) is 5.69. The standard InChI is InChI=1S/C15H16N2O2/c16-17-15(18)10-12-6-4-5-7-13(12)11-19-14-8-2-1-3-9-14/h1-9H,10-11,16H2,(H,17,18). The fraction of sp³-hybridized carbons (Fsp3) is 0.133. The fourth-order valence-corrected chi connectivity index (χ4v) is 1.77. The summed E-state index contributed by atoms with van der Waals surface area (Å²) < 4.78 is 5.68. The monoisotopic (exact) mass is 256 g/mol. The van der Waals surface area contributed by atoms with Crippen LogP contribution in [0, 0.1) is 0 Å². The largest absolute Gasteiger partial charge is 0.489 e. The van der Waals surface area contributed by atoms with Crippen molar-refractivity contribution < 1.29 is 9.53 Å². The minimum Gasteiger partial charge on any atom is -0.489 e. The second-order valence-corrected chi connectivity index (χ2v) is 4.11. The summed E-state index contributed by atoms with van der Waals surface area (Å²) in [5, 5.41) is 0. The predicted octanol–water partition coefficient (Wildman–Crippen LogP) is 1.80. The van der Waals surface area contributed by atoms with Crippen LogP contribution < -0.4 is 16.0 Å². The molecule has 4 heteroatoms. The quantitative estimate of drug-likeness (QED) is 0.487. The van der Waals surface area contributed by atoms with Crippen molar-refractivity contribution >= 4 is 5.91 Å².